The third-order valence-corrected chi connectivity index (χ3v) is 3.46. The van der Waals surface area contributed by atoms with Crippen LogP contribution in [0.25, 0.3) is 22.3 Å². The number of halogens is 1. The van der Waals surface area contributed by atoms with Gasteiger partial charge in [0.15, 0.2) is 5.76 Å². The van der Waals surface area contributed by atoms with Gasteiger partial charge in [-0.25, -0.2) is 4.79 Å². The van der Waals surface area contributed by atoms with Crippen molar-refractivity contribution in [2.75, 3.05) is 0 Å². The largest absolute Gasteiger partial charge is 0.502 e. The van der Waals surface area contributed by atoms with Gasteiger partial charge in [0.1, 0.15) is 5.58 Å². The van der Waals surface area contributed by atoms with Crippen molar-refractivity contribution in [3.8, 4) is 17.1 Å². The van der Waals surface area contributed by atoms with Crippen molar-refractivity contribution in [2.24, 2.45) is 0 Å². The molecule has 1 heterocycles. The molecule has 0 aliphatic rings. The average molecular weight is 317 g/mol. The Bertz CT molecular complexity index is 941. The van der Waals surface area contributed by atoms with E-state index in [0.29, 0.717) is 10.6 Å². The number of aromatic hydroxyl groups is 1. The first kappa shape index (κ1) is 14.2. The lowest BCUT2D eigenvalue weighted by Gasteiger charge is -2.06. The number of aromatic carboxylic acids is 1. The summed E-state index contributed by atoms with van der Waals surface area (Å²) in [5.41, 5.74) is 0.181. The summed E-state index contributed by atoms with van der Waals surface area (Å²) in [6.45, 7) is 0. The molecule has 0 aliphatic carbocycles. The summed E-state index contributed by atoms with van der Waals surface area (Å²) in [6.07, 6.45) is 0. The fourth-order valence-electron chi connectivity index (χ4n) is 2.12. The first-order valence-electron chi connectivity index (χ1n) is 6.26. The molecule has 0 bridgehead atoms. The predicted molar refractivity (Wildman–Crippen MR) is 81.6 cm³/mol. The van der Waals surface area contributed by atoms with Gasteiger partial charge >= 0.3 is 5.97 Å². The van der Waals surface area contributed by atoms with Gasteiger partial charge in [-0.2, -0.15) is 0 Å². The van der Waals surface area contributed by atoms with Crippen LogP contribution in [0, 0.1) is 0 Å². The van der Waals surface area contributed by atoms with Crippen molar-refractivity contribution in [3.63, 3.8) is 0 Å². The van der Waals surface area contributed by atoms with Crippen LogP contribution in [0.15, 0.2) is 51.7 Å². The summed E-state index contributed by atoms with van der Waals surface area (Å²) in [5, 5.41) is 19.5. The highest BCUT2D eigenvalue weighted by Crippen LogP contribution is 2.30. The van der Waals surface area contributed by atoms with Crippen molar-refractivity contribution >= 4 is 28.5 Å². The number of carboxylic acid groups (broad SMARTS) is 1. The van der Waals surface area contributed by atoms with Gasteiger partial charge in [0, 0.05) is 10.6 Å². The van der Waals surface area contributed by atoms with Crippen LogP contribution < -0.4 is 5.43 Å². The van der Waals surface area contributed by atoms with Crippen molar-refractivity contribution in [3.05, 3.63) is 63.3 Å². The van der Waals surface area contributed by atoms with Gasteiger partial charge in [-0.1, -0.05) is 23.7 Å². The van der Waals surface area contributed by atoms with E-state index >= 15 is 0 Å². The molecule has 22 heavy (non-hydrogen) atoms. The first-order chi connectivity index (χ1) is 10.5. The normalized spacial score (nSPS) is 10.8. The van der Waals surface area contributed by atoms with Crippen LogP contribution in [-0.2, 0) is 0 Å². The van der Waals surface area contributed by atoms with E-state index in [1.165, 1.54) is 36.4 Å². The average Bonchev–Trinajstić information content (AvgIpc) is 2.51. The second-order valence-corrected chi connectivity index (χ2v) is 5.07. The van der Waals surface area contributed by atoms with Crippen LogP contribution in [0.3, 0.4) is 0 Å². The summed E-state index contributed by atoms with van der Waals surface area (Å²) in [7, 11) is 0. The molecule has 0 fully saturated rings. The molecule has 5 nitrogen and oxygen atoms in total. The van der Waals surface area contributed by atoms with Crippen LogP contribution in [0.5, 0.6) is 5.75 Å². The highest BCUT2D eigenvalue weighted by molar-refractivity contribution is 6.31. The number of benzene rings is 2. The second-order valence-electron chi connectivity index (χ2n) is 4.63. The number of carboxylic acids is 1. The molecule has 3 rings (SSSR count). The summed E-state index contributed by atoms with van der Waals surface area (Å²) in [5.74, 6) is -1.63. The number of rotatable bonds is 2. The highest BCUT2D eigenvalue weighted by Gasteiger charge is 2.16. The zero-order valence-corrected chi connectivity index (χ0v) is 11.8. The summed E-state index contributed by atoms with van der Waals surface area (Å²) in [6, 6.07) is 10.2. The third-order valence-electron chi connectivity index (χ3n) is 3.22. The topological polar surface area (TPSA) is 87.7 Å². The van der Waals surface area contributed by atoms with Crippen LogP contribution in [0.4, 0.5) is 0 Å². The molecule has 110 valence electrons. The minimum atomic E-state index is -1.06. The van der Waals surface area contributed by atoms with Gasteiger partial charge in [-0.05, 0) is 30.3 Å². The molecule has 2 aromatic carbocycles. The molecule has 0 saturated carbocycles. The van der Waals surface area contributed by atoms with Crippen LogP contribution in [0.1, 0.15) is 10.4 Å². The standard InChI is InChI=1S/C16H9ClO5/c17-10-5-6-12-11(7-10)13(18)14(19)15(22-12)8-1-3-9(4-2-8)16(20)21/h1-7,19H,(H,20,21). The second kappa shape index (κ2) is 5.20. The Morgan fingerprint density at radius 3 is 2.41 bits per heavy atom. The lowest BCUT2D eigenvalue weighted by atomic mass is 10.1. The van der Waals surface area contributed by atoms with E-state index in [-0.39, 0.29) is 22.3 Å². The van der Waals surface area contributed by atoms with Crippen LogP contribution in [-0.4, -0.2) is 16.2 Å². The number of fused-ring (bicyclic) bond motifs is 1. The summed E-state index contributed by atoms with van der Waals surface area (Å²) < 4.78 is 5.56. The van der Waals surface area contributed by atoms with E-state index in [0.717, 1.165) is 0 Å². The van der Waals surface area contributed by atoms with E-state index in [4.69, 9.17) is 21.1 Å². The quantitative estimate of drug-likeness (QED) is 0.755. The first-order valence-corrected chi connectivity index (χ1v) is 6.64. The van der Waals surface area contributed by atoms with Crippen molar-refractivity contribution < 1.29 is 19.4 Å². The van der Waals surface area contributed by atoms with Crippen molar-refractivity contribution in [1.82, 2.24) is 0 Å². The molecule has 0 amide bonds. The minimum Gasteiger partial charge on any atom is -0.502 e. The molecule has 3 aromatic rings. The maximum Gasteiger partial charge on any atom is 0.335 e. The molecule has 2 N–H and O–H groups in total. The Hall–Kier alpha value is -2.79. The van der Waals surface area contributed by atoms with E-state index in [9.17, 15) is 14.7 Å². The van der Waals surface area contributed by atoms with Crippen LogP contribution >= 0.6 is 11.6 Å². The van der Waals surface area contributed by atoms with E-state index in [1.54, 1.807) is 6.07 Å². The molecule has 0 aliphatic heterocycles. The molecule has 0 atom stereocenters. The Labute approximate surface area is 129 Å². The van der Waals surface area contributed by atoms with Crippen molar-refractivity contribution in [1.29, 1.82) is 0 Å². The maximum absolute atomic E-state index is 12.2. The number of hydrogen-bond donors (Lipinski definition) is 2. The maximum atomic E-state index is 12.2. The van der Waals surface area contributed by atoms with Crippen LogP contribution in [0.2, 0.25) is 5.02 Å². The number of carbonyl (C=O) groups is 1. The zero-order valence-electron chi connectivity index (χ0n) is 11.0. The van der Waals surface area contributed by atoms with Gasteiger partial charge in [0.05, 0.1) is 10.9 Å². The Morgan fingerprint density at radius 2 is 1.77 bits per heavy atom. The molecular weight excluding hydrogens is 308 g/mol. The Kier molecular flexibility index (Phi) is 3.35. The molecule has 1 aromatic heterocycles. The summed E-state index contributed by atoms with van der Waals surface area (Å²) in [4.78, 5) is 23.0. The van der Waals surface area contributed by atoms with Gasteiger partial charge in [-0.3, -0.25) is 4.79 Å². The lowest BCUT2D eigenvalue weighted by Crippen LogP contribution is -2.02. The van der Waals surface area contributed by atoms with Gasteiger partial charge in [0.25, 0.3) is 0 Å². The fourth-order valence-corrected chi connectivity index (χ4v) is 2.29. The minimum absolute atomic E-state index is 0.0169. The van der Waals surface area contributed by atoms with Crippen molar-refractivity contribution in [2.45, 2.75) is 0 Å². The fraction of sp³-hybridized carbons (Fsp3) is 0. The smallest absolute Gasteiger partial charge is 0.335 e. The Balaban J connectivity index is 2.23. The lowest BCUT2D eigenvalue weighted by molar-refractivity contribution is 0.0697. The molecule has 0 saturated heterocycles. The SMILES string of the molecule is O=C(O)c1ccc(-c2oc3ccc(Cl)cc3c(=O)c2O)cc1. The summed E-state index contributed by atoms with van der Waals surface area (Å²) >= 11 is 5.83. The monoisotopic (exact) mass is 316 g/mol. The zero-order chi connectivity index (χ0) is 15.9. The van der Waals surface area contributed by atoms with E-state index in [1.807, 2.05) is 0 Å². The number of hydrogen-bond acceptors (Lipinski definition) is 4. The van der Waals surface area contributed by atoms with E-state index in [2.05, 4.69) is 0 Å². The molecule has 0 spiro atoms. The predicted octanol–water partition coefficient (Wildman–Crippen LogP) is 3.52. The molecule has 0 radical (unpaired) electrons. The van der Waals surface area contributed by atoms with E-state index < -0.39 is 17.1 Å². The van der Waals surface area contributed by atoms with Gasteiger partial charge in [0.2, 0.25) is 11.2 Å². The Morgan fingerprint density at radius 1 is 1.09 bits per heavy atom. The highest BCUT2D eigenvalue weighted by atomic mass is 35.5. The molecule has 0 unspecified atom stereocenters. The third kappa shape index (κ3) is 2.31. The van der Waals surface area contributed by atoms with Gasteiger partial charge < -0.3 is 14.6 Å². The molecular formula is C16H9ClO5. The van der Waals surface area contributed by atoms with Gasteiger partial charge in [-0.15, -0.1) is 0 Å². The molecule has 6 heteroatoms.